The second-order valence-electron chi connectivity index (χ2n) is 4.45. The van der Waals surface area contributed by atoms with Crippen LogP contribution in [-0.4, -0.2) is 9.97 Å². The van der Waals surface area contributed by atoms with E-state index in [0.717, 1.165) is 11.3 Å². The molecule has 0 atom stereocenters. The predicted octanol–water partition coefficient (Wildman–Crippen LogP) is 3.82. The van der Waals surface area contributed by atoms with Crippen molar-refractivity contribution in [3.8, 4) is 28.6 Å². The molecule has 0 aliphatic carbocycles. The number of benzene rings is 1. The van der Waals surface area contributed by atoms with Gasteiger partial charge in [-0.3, -0.25) is 9.97 Å². The molecule has 0 radical (unpaired) electrons. The molecule has 0 saturated carbocycles. The van der Waals surface area contributed by atoms with Crippen LogP contribution >= 0.6 is 0 Å². The Kier molecular flexibility index (Phi) is 3.40. The number of hydrogen-bond donors (Lipinski definition) is 0. The number of nitrogens with zero attached hydrogens (tertiary/aromatic N) is 3. The Hall–Kier alpha value is -3.06. The Balaban J connectivity index is 2.15. The van der Waals surface area contributed by atoms with Crippen molar-refractivity contribution in [2.24, 2.45) is 0 Å². The first kappa shape index (κ1) is 12.9. The largest absolute Gasteiger partial charge is 0.255 e. The monoisotopic (exact) mass is 275 g/mol. The molecule has 0 aliphatic rings. The first-order valence-electron chi connectivity index (χ1n) is 6.35. The molecule has 2 aromatic heterocycles. The predicted molar refractivity (Wildman–Crippen MR) is 77.6 cm³/mol. The minimum absolute atomic E-state index is 0.309. The van der Waals surface area contributed by atoms with Crippen molar-refractivity contribution in [1.82, 2.24) is 9.97 Å². The molecule has 3 rings (SSSR count). The summed E-state index contributed by atoms with van der Waals surface area (Å²) in [6.45, 7) is 0. The van der Waals surface area contributed by atoms with Crippen molar-refractivity contribution >= 4 is 0 Å². The Bertz CT molecular complexity index is 806. The average molecular weight is 275 g/mol. The van der Waals surface area contributed by atoms with E-state index < -0.39 is 0 Å². The van der Waals surface area contributed by atoms with Gasteiger partial charge in [0.2, 0.25) is 0 Å². The van der Waals surface area contributed by atoms with Crippen LogP contribution in [0.2, 0.25) is 0 Å². The maximum Gasteiger partial charge on any atom is 0.123 e. The molecule has 0 N–H and O–H groups in total. The van der Waals surface area contributed by atoms with E-state index in [2.05, 4.69) is 16.0 Å². The van der Waals surface area contributed by atoms with E-state index >= 15 is 0 Å². The second kappa shape index (κ2) is 5.51. The van der Waals surface area contributed by atoms with E-state index in [-0.39, 0.29) is 5.82 Å². The molecule has 2 heterocycles. The highest BCUT2D eigenvalue weighted by atomic mass is 19.1. The minimum atomic E-state index is -0.309. The summed E-state index contributed by atoms with van der Waals surface area (Å²) >= 11 is 0. The van der Waals surface area contributed by atoms with Gasteiger partial charge >= 0.3 is 0 Å². The zero-order valence-corrected chi connectivity index (χ0v) is 11.0. The lowest BCUT2D eigenvalue weighted by atomic mass is 10.0. The molecule has 0 bridgehead atoms. The van der Waals surface area contributed by atoms with E-state index in [1.165, 1.54) is 18.3 Å². The van der Waals surface area contributed by atoms with Crippen LogP contribution in [0.1, 0.15) is 5.56 Å². The third-order valence-electron chi connectivity index (χ3n) is 3.11. The van der Waals surface area contributed by atoms with E-state index in [4.69, 9.17) is 0 Å². The zero-order valence-electron chi connectivity index (χ0n) is 11.0. The highest BCUT2D eigenvalue weighted by molar-refractivity contribution is 5.74. The van der Waals surface area contributed by atoms with Gasteiger partial charge in [0.05, 0.1) is 17.0 Å². The summed E-state index contributed by atoms with van der Waals surface area (Å²) in [6, 6.07) is 15.5. The molecule has 3 nitrogen and oxygen atoms in total. The summed E-state index contributed by atoms with van der Waals surface area (Å²) in [5.41, 5.74) is 3.33. The van der Waals surface area contributed by atoms with E-state index in [1.807, 2.05) is 18.2 Å². The van der Waals surface area contributed by atoms with Gasteiger partial charge in [0, 0.05) is 18.0 Å². The molecule has 0 aliphatic heterocycles. The minimum Gasteiger partial charge on any atom is -0.255 e. The highest BCUT2D eigenvalue weighted by Gasteiger charge is 2.09. The van der Waals surface area contributed by atoms with Crippen molar-refractivity contribution in [2.75, 3.05) is 0 Å². The van der Waals surface area contributed by atoms with Crippen LogP contribution < -0.4 is 0 Å². The molecule has 3 aromatic rings. The third-order valence-corrected chi connectivity index (χ3v) is 3.11. The van der Waals surface area contributed by atoms with Crippen LogP contribution in [0.4, 0.5) is 4.39 Å². The summed E-state index contributed by atoms with van der Waals surface area (Å²) < 4.78 is 13.0. The average Bonchev–Trinajstić information content (AvgIpc) is 2.56. The molecule has 0 fully saturated rings. The maximum absolute atomic E-state index is 13.0. The molecule has 1 aromatic carbocycles. The van der Waals surface area contributed by atoms with E-state index in [9.17, 15) is 9.65 Å². The van der Waals surface area contributed by atoms with Crippen molar-refractivity contribution < 1.29 is 4.39 Å². The first-order chi connectivity index (χ1) is 10.3. The zero-order chi connectivity index (χ0) is 14.7. The highest BCUT2D eigenvalue weighted by Crippen LogP contribution is 2.27. The molecular formula is C17H10FN3. The number of rotatable bonds is 2. The standard InChI is InChI=1S/C17H10FN3/c18-14-6-4-12(5-7-14)15-9-17(21-11-13(15)10-19)16-3-1-2-8-20-16/h1-9,11H. The lowest BCUT2D eigenvalue weighted by molar-refractivity contribution is 0.628. The smallest absolute Gasteiger partial charge is 0.123 e. The second-order valence-corrected chi connectivity index (χ2v) is 4.45. The normalized spacial score (nSPS) is 10.1. The molecule has 4 heteroatoms. The summed E-state index contributed by atoms with van der Waals surface area (Å²) in [5, 5.41) is 9.22. The van der Waals surface area contributed by atoms with Crippen LogP contribution in [0.5, 0.6) is 0 Å². The Morgan fingerprint density at radius 3 is 2.43 bits per heavy atom. The molecule has 0 saturated heterocycles. The van der Waals surface area contributed by atoms with Gasteiger partial charge < -0.3 is 0 Å². The van der Waals surface area contributed by atoms with Gasteiger partial charge in [0.25, 0.3) is 0 Å². The van der Waals surface area contributed by atoms with Gasteiger partial charge in [-0.25, -0.2) is 4.39 Å². The van der Waals surface area contributed by atoms with Crippen LogP contribution in [0.25, 0.3) is 22.5 Å². The summed E-state index contributed by atoms with van der Waals surface area (Å²) in [5.74, 6) is -0.309. The topological polar surface area (TPSA) is 49.6 Å². The summed E-state index contributed by atoms with van der Waals surface area (Å²) in [6.07, 6.45) is 3.20. The fraction of sp³-hybridized carbons (Fsp3) is 0. The van der Waals surface area contributed by atoms with Crippen LogP contribution in [0.3, 0.4) is 0 Å². The maximum atomic E-state index is 13.0. The van der Waals surface area contributed by atoms with Gasteiger partial charge in [0.15, 0.2) is 0 Å². The Morgan fingerprint density at radius 2 is 1.76 bits per heavy atom. The van der Waals surface area contributed by atoms with Crippen LogP contribution in [0.15, 0.2) is 60.9 Å². The number of nitriles is 1. The molecule has 100 valence electrons. The number of halogens is 1. The van der Waals surface area contributed by atoms with Gasteiger partial charge in [-0.15, -0.1) is 0 Å². The lowest BCUT2D eigenvalue weighted by Crippen LogP contribution is -1.92. The van der Waals surface area contributed by atoms with Gasteiger partial charge in [-0.1, -0.05) is 18.2 Å². The van der Waals surface area contributed by atoms with E-state index in [0.29, 0.717) is 16.8 Å². The van der Waals surface area contributed by atoms with Gasteiger partial charge in [-0.2, -0.15) is 5.26 Å². The quantitative estimate of drug-likeness (QED) is 0.714. The summed E-state index contributed by atoms with van der Waals surface area (Å²) in [4.78, 5) is 8.51. The van der Waals surface area contributed by atoms with Crippen molar-refractivity contribution in [1.29, 1.82) is 5.26 Å². The molecular weight excluding hydrogens is 265 g/mol. The Morgan fingerprint density at radius 1 is 0.952 bits per heavy atom. The van der Waals surface area contributed by atoms with Crippen molar-refractivity contribution in [3.05, 3.63) is 72.3 Å². The number of aromatic nitrogens is 2. The number of pyridine rings is 2. The first-order valence-corrected chi connectivity index (χ1v) is 6.35. The Labute approximate surface area is 121 Å². The molecule has 21 heavy (non-hydrogen) atoms. The molecule has 0 unspecified atom stereocenters. The van der Waals surface area contributed by atoms with E-state index in [1.54, 1.807) is 24.4 Å². The fourth-order valence-corrected chi connectivity index (χ4v) is 2.07. The SMILES string of the molecule is N#Cc1cnc(-c2ccccn2)cc1-c1ccc(F)cc1. The number of hydrogen-bond acceptors (Lipinski definition) is 3. The van der Waals surface area contributed by atoms with Crippen LogP contribution in [0, 0.1) is 17.1 Å². The van der Waals surface area contributed by atoms with Gasteiger partial charge in [-0.05, 0) is 35.9 Å². The molecule has 0 amide bonds. The third kappa shape index (κ3) is 2.63. The molecule has 0 spiro atoms. The van der Waals surface area contributed by atoms with Crippen molar-refractivity contribution in [3.63, 3.8) is 0 Å². The van der Waals surface area contributed by atoms with Crippen LogP contribution in [-0.2, 0) is 0 Å². The summed E-state index contributed by atoms with van der Waals surface area (Å²) in [7, 11) is 0. The lowest BCUT2D eigenvalue weighted by Gasteiger charge is -2.07. The fourth-order valence-electron chi connectivity index (χ4n) is 2.07. The van der Waals surface area contributed by atoms with Crippen molar-refractivity contribution in [2.45, 2.75) is 0 Å². The van der Waals surface area contributed by atoms with Gasteiger partial charge in [0.1, 0.15) is 11.9 Å².